The molecule has 0 saturated heterocycles. The summed E-state index contributed by atoms with van der Waals surface area (Å²) < 4.78 is 13.9. The highest BCUT2D eigenvalue weighted by Crippen LogP contribution is 2.37. The van der Waals surface area contributed by atoms with Crippen LogP contribution >= 0.6 is 0 Å². The smallest absolute Gasteiger partial charge is 0.134 e. The average molecular weight is 403 g/mol. The van der Waals surface area contributed by atoms with E-state index >= 15 is 0 Å². The highest BCUT2D eigenvalue weighted by Gasteiger charge is 2.25. The Hall–Kier alpha value is -2.95. The number of aryl methyl sites for hydroxylation is 1. The summed E-state index contributed by atoms with van der Waals surface area (Å²) in [6, 6.07) is 9.33. The second kappa shape index (κ2) is 7.71. The van der Waals surface area contributed by atoms with Gasteiger partial charge in [0, 0.05) is 34.3 Å². The van der Waals surface area contributed by atoms with E-state index in [1.54, 1.807) is 12.1 Å². The lowest BCUT2D eigenvalue weighted by Gasteiger charge is -2.17. The minimum absolute atomic E-state index is 0.251. The summed E-state index contributed by atoms with van der Waals surface area (Å²) >= 11 is 0. The van der Waals surface area contributed by atoms with Crippen molar-refractivity contribution < 1.29 is 4.39 Å². The number of nitrogens with zero attached hydrogens (tertiary/aromatic N) is 2. The van der Waals surface area contributed by atoms with Gasteiger partial charge in [0.15, 0.2) is 0 Å². The molecule has 4 nitrogen and oxygen atoms in total. The molecule has 30 heavy (non-hydrogen) atoms. The molecule has 0 aliphatic heterocycles. The molecule has 1 aromatic carbocycles. The molecule has 0 unspecified atom stereocenters. The molecule has 5 rings (SSSR count). The fourth-order valence-corrected chi connectivity index (χ4v) is 4.29. The zero-order valence-corrected chi connectivity index (χ0v) is 17.3. The van der Waals surface area contributed by atoms with Gasteiger partial charge in [0.1, 0.15) is 17.5 Å². The summed E-state index contributed by atoms with van der Waals surface area (Å²) in [5.41, 5.74) is 3.62. The number of nitrogens with one attached hydrogen (secondary N) is 2. The maximum atomic E-state index is 13.9. The van der Waals surface area contributed by atoms with Gasteiger partial charge in [-0.15, -0.1) is 0 Å². The average Bonchev–Trinajstić information content (AvgIpc) is 3.47. The van der Waals surface area contributed by atoms with Crippen molar-refractivity contribution in [3.63, 3.8) is 0 Å². The number of halogens is 1. The topological polar surface area (TPSA) is 49.8 Å². The molecule has 0 amide bonds. The molecule has 3 aromatic rings. The summed E-state index contributed by atoms with van der Waals surface area (Å²) in [5, 5.41) is 9.05. The number of pyridine rings is 2. The predicted octanol–water partition coefficient (Wildman–Crippen LogP) is 6.43. The number of anilines is 2. The van der Waals surface area contributed by atoms with Gasteiger partial charge in [0.2, 0.25) is 0 Å². The van der Waals surface area contributed by atoms with Crippen LogP contribution in [-0.2, 0) is 0 Å². The molecule has 0 radical (unpaired) electrons. The Morgan fingerprint density at radius 3 is 2.67 bits per heavy atom. The Morgan fingerprint density at radius 1 is 1.10 bits per heavy atom. The van der Waals surface area contributed by atoms with E-state index in [2.05, 4.69) is 28.3 Å². The van der Waals surface area contributed by atoms with Crippen molar-refractivity contribution in [2.24, 2.45) is 5.92 Å². The largest absolute Gasteiger partial charge is 0.367 e. The lowest BCUT2D eigenvalue weighted by atomic mass is 10.0. The van der Waals surface area contributed by atoms with Crippen molar-refractivity contribution >= 4 is 22.4 Å². The molecule has 2 aliphatic rings. The standard InChI is InChI=1S/C25H27FN4/c1-15-7-10-19(26)12-21(15)23-11-18-14-27-24(28-16(2)17-8-9-17)13-22(18)25(30-23)29-20-5-3-4-6-20/h7,10-14,17,20H,2-6,8-9H2,1H3,(H,27,28)(H,29,30). The van der Waals surface area contributed by atoms with Crippen LogP contribution < -0.4 is 10.6 Å². The van der Waals surface area contributed by atoms with Gasteiger partial charge in [-0.1, -0.05) is 25.5 Å². The second-order valence-corrected chi connectivity index (χ2v) is 8.66. The molecule has 154 valence electrons. The molecule has 0 spiro atoms. The molecule has 2 aromatic heterocycles. The number of allylic oxidation sites excluding steroid dienone is 1. The molecule has 2 heterocycles. The highest BCUT2D eigenvalue weighted by atomic mass is 19.1. The fourth-order valence-electron chi connectivity index (χ4n) is 4.29. The number of rotatable bonds is 6. The van der Waals surface area contributed by atoms with E-state index in [0.29, 0.717) is 12.0 Å². The van der Waals surface area contributed by atoms with Crippen LogP contribution in [0.2, 0.25) is 0 Å². The molecular formula is C25H27FN4. The Labute approximate surface area is 176 Å². The summed E-state index contributed by atoms with van der Waals surface area (Å²) in [7, 11) is 0. The van der Waals surface area contributed by atoms with Crippen molar-refractivity contribution in [2.45, 2.75) is 51.5 Å². The van der Waals surface area contributed by atoms with Crippen molar-refractivity contribution in [3.8, 4) is 11.3 Å². The third-order valence-electron chi connectivity index (χ3n) is 6.24. The van der Waals surface area contributed by atoms with Crippen molar-refractivity contribution in [2.75, 3.05) is 10.6 Å². The van der Waals surface area contributed by atoms with E-state index in [0.717, 1.165) is 57.8 Å². The van der Waals surface area contributed by atoms with Crippen LogP contribution in [0, 0.1) is 18.7 Å². The van der Waals surface area contributed by atoms with E-state index in [1.807, 2.05) is 19.2 Å². The molecular weight excluding hydrogens is 375 g/mol. The van der Waals surface area contributed by atoms with Crippen LogP contribution in [0.1, 0.15) is 44.1 Å². The maximum absolute atomic E-state index is 13.9. The molecule has 0 bridgehead atoms. The monoisotopic (exact) mass is 402 g/mol. The number of aromatic nitrogens is 2. The summed E-state index contributed by atoms with van der Waals surface area (Å²) in [6.07, 6.45) is 9.07. The fraction of sp³-hybridized carbons (Fsp3) is 0.360. The third-order valence-corrected chi connectivity index (χ3v) is 6.24. The van der Waals surface area contributed by atoms with Gasteiger partial charge in [-0.05, 0) is 68.4 Å². The summed E-state index contributed by atoms with van der Waals surface area (Å²) in [6.45, 7) is 6.14. The van der Waals surface area contributed by atoms with Gasteiger partial charge < -0.3 is 10.6 Å². The van der Waals surface area contributed by atoms with Gasteiger partial charge in [0.05, 0.1) is 5.69 Å². The number of hydrogen-bond donors (Lipinski definition) is 2. The van der Waals surface area contributed by atoms with E-state index in [1.165, 1.54) is 31.7 Å². The lowest BCUT2D eigenvalue weighted by Crippen LogP contribution is -2.16. The van der Waals surface area contributed by atoms with E-state index in [4.69, 9.17) is 4.98 Å². The number of fused-ring (bicyclic) bond motifs is 1. The lowest BCUT2D eigenvalue weighted by molar-refractivity contribution is 0.628. The van der Waals surface area contributed by atoms with Gasteiger partial charge >= 0.3 is 0 Å². The summed E-state index contributed by atoms with van der Waals surface area (Å²) in [5.74, 6) is 1.96. The van der Waals surface area contributed by atoms with Crippen molar-refractivity contribution in [1.82, 2.24) is 9.97 Å². The van der Waals surface area contributed by atoms with Crippen LogP contribution in [0.5, 0.6) is 0 Å². The number of benzene rings is 1. The predicted molar refractivity (Wildman–Crippen MR) is 121 cm³/mol. The molecule has 2 N–H and O–H groups in total. The minimum Gasteiger partial charge on any atom is -0.367 e. The summed E-state index contributed by atoms with van der Waals surface area (Å²) in [4.78, 5) is 9.55. The van der Waals surface area contributed by atoms with Gasteiger partial charge in [-0.2, -0.15) is 0 Å². The van der Waals surface area contributed by atoms with Crippen molar-refractivity contribution in [1.29, 1.82) is 0 Å². The number of hydrogen-bond acceptors (Lipinski definition) is 4. The first-order valence-electron chi connectivity index (χ1n) is 10.9. The van der Waals surface area contributed by atoms with Crippen molar-refractivity contribution in [3.05, 3.63) is 60.2 Å². The Morgan fingerprint density at radius 2 is 1.90 bits per heavy atom. The van der Waals surface area contributed by atoms with Crippen LogP contribution in [0.3, 0.4) is 0 Å². The second-order valence-electron chi connectivity index (χ2n) is 8.66. The third kappa shape index (κ3) is 3.89. The van der Waals surface area contributed by atoms with Crippen LogP contribution in [-0.4, -0.2) is 16.0 Å². The zero-order chi connectivity index (χ0) is 20.7. The molecule has 0 atom stereocenters. The molecule has 5 heteroatoms. The van der Waals surface area contributed by atoms with Gasteiger partial charge in [-0.3, -0.25) is 0 Å². The Balaban J connectivity index is 1.58. The van der Waals surface area contributed by atoms with Gasteiger partial charge in [0.25, 0.3) is 0 Å². The maximum Gasteiger partial charge on any atom is 0.134 e. The Bertz CT molecular complexity index is 1110. The van der Waals surface area contributed by atoms with Crippen LogP contribution in [0.4, 0.5) is 16.0 Å². The first-order valence-corrected chi connectivity index (χ1v) is 10.9. The van der Waals surface area contributed by atoms with E-state index < -0.39 is 0 Å². The van der Waals surface area contributed by atoms with E-state index in [-0.39, 0.29) is 5.82 Å². The SMILES string of the molecule is C=C(Nc1cc2c(NC3CCCC3)nc(-c3cc(F)ccc3C)cc2cn1)C1CC1. The highest BCUT2D eigenvalue weighted by molar-refractivity contribution is 5.96. The van der Waals surface area contributed by atoms with E-state index in [9.17, 15) is 4.39 Å². The first-order chi connectivity index (χ1) is 14.6. The first kappa shape index (κ1) is 19.0. The zero-order valence-electron chi connectivity index (χ0n) is 17.3. The van der Waals surface area contributed by atoms with Crippen LogP contribution in [0.15, 0.2) is 48.8 Å². The molecule has 2 saturated carbocycles. The normalized spacial score (nSPS) is 16.7. The quantitative estimate of drug-likeness (QED) is 0.498. The molecule has 2 fully saturated rings. The Kier molecular flexibility index (Phi) is 4.89. The van der Waals surface area contributed by atoms with Crippen LogP contribution in [0.25, 0.3) is 22.0 Å². The molecule has 2 aliphatic carbocycles. The minimum atomic E-state index is -0.251. The van der Waals surface area contributed by atoms with Gasteiger partial charge in [-0.25, -0.2) is 14.4 Å².